The molecule has 2 atom stereocenters. The van der Waals surface area contributed by atoms with Gasteiger partial charge in [0.25, 0.3) is 0 Å². The van der Waals surface area contributed by atoms with E-state index in [9.17, 15) is 0 Å². The minimum absolute atomic E-state index is 0. The van der Waals surface area contributed by atoms with E-state index in [1.165, 1.54) is 81.3 Å². The van der Waals surface area contributed by atoms with Crippen molar-refractivity contribution in [2.24, 2.45) is 0 Å². The second-order valence-electron chi connectivity index (χ2n) is 15.7. The van der Waals surface area contributed by atoms with Crippen LogP contribution in [0.2, 0.25) is 14.8 Å². The van der Waals surface area contributed by atoms with Crippen molar-refractivity contribution in [2.75, 3.05) is 0 Å². The average Bonchev–Trinajstić information content (AvgIpc) is 3.66. The van der Waals surface area contributed by atoms with Gasteiger partial charge in [-0.1, -0.05) is 0 Å². The van der Waals surface area contributed by atoms with Crippen LogP contribution in [0.15, 0.2) is 132 Å². The Hall–Kier alpha value is -1.91. The number of fused-ring (bicyclic) bond motifs is 4. The first kappa shape index (κ1) is 40.7. The van der Waals surface area contributed by atoms with E-state index in [2.05, 4.69) is 159 Å². The van der Waals surface area contributed by atoms with Gasteiger partial charge in [0.2, 0.25) is 0 Å². The van der Waals surface area contributed by atoms with Crippen molar-refractivity contribution in [3.63, 3.8) is 0 Å². The number of unbranched alkanes of at least 4 members (excludes halogenated alkanes) is 1. The molecule has 53 heavy (non-hydrogen) atoms. The third kappa shape index (κ3) is 7.29. The number of allylic oxidation sites excluding steroid dienone is 2. The Labute approximate surface area is 344 Å². The maximum Gasteiger partial charge on any atom is -0.147 e. The van der Waals surface area contributed by atoms with Crippen LogP contribution in [0.4, 0.5) is 0 Å². The first-order valence-electron chi connectivity index (χ1n) is 18.1. The van der Waals surface area contributed by atoms with Gasteiger partial charge in [-0.15, -0.1) is 24.8 Å². The molecule has 0 saturated heterocycles. The van der Waals surface area contributed by atoms with Crippen molar-refractivity contribution in [1.82, 2.24) is 0 Å². The third-order valence-corrected chi connectivity index (χ3v) is 38.2. The zero-order valence-electron chi connectivity index (χ0n) is 30.3. The van der Waals surface area contributed by atoms with Crippen LogP contribution in [0.1, 0.15) is 56.2 Å². The summed E-state index contributed by atoms with van der Waals surface area (Å²) in [6, 6.07) is 43.2. The van der Waals surface area contributed by atoms with Gasteiger partial charge >= 0.3 is 323 Å². The first-order chi connectivity index (χ1) is 24.4. The summed E-state index contributed by atoms with van der Waals surface area (Å²) in [5.41, 5.74) is 14.2. The van der Waals surface area contributed by atoms with Gasteiger partial charge in [0.05, 0.1) is 0 Å². The minimum Gasteiger partial charge on any atom is -0.147 e. The number of rotatable bonds is 9. The molecule has 2 aliphatic carbocycles. The maximum atomic E-state index is 6.46. The van der Waals surface area contributed by atoms with Crippen LogP contribution >= 0.6 is 58.1 Å². The van der Waals surface area contributed by atoms with Crippen LogP contribution < -0.4 is 0 Å². The molecule has 0 radical (unpaired) electrons. The maximum absolute atomic E-state index is 6.46. The molecule has 6 aromatic rings. The van der Waals surface area contributed by atoms with Crippen molar-refractivity contribution >= 4 is 105 Å². The fourth-order valence-electron chi connectivity index (χ4n) is 10.2. The predicted octanol–water partition coefficient (Wildman–Crippen LogP) is 14.9. The van der Waals surface area contributed by atoms with Gasteiger partial charge in [-0.05, 0) is 0 Å². The van der Waals surface area contributed by atoms with E-state index in [0.29, 0.717) is 13.3 Å². The summed E-state index contributed by atoms with van der Waals surface area (Å²) in [7, 11) is 0. The van der Waals surface area contributed by atoms with E-state index < -0.39 is 23.4 Å². The van der Waals surface area contributed by atoms with E-state index in [4.69, 9.17) is 33.2 Å². The van der Waals surface area contributed by atoms with Crippen molar-refractivity contribution in [3.05, 3.63) is 155 Å². The summed E-state index contributed by atoms with van der Waals surface area (Å²) in [6.45, 7) is 7.29. The Balaban J connectivity index is 0.00000240. The Bertz CT molecular complexity index is 2330. The molecule has 0 fully saturated rings. The van der Waals surface area contributed by atoms with Gasteiger partial charge in [-0.3, -0.25) is 0 Å². The molecule has 8 heteroatoms. The summed E-state index contributed by atoms with van der Waals surface area (Å²) in [6.07, 6.45) is 7.14. The second-order valence-corrected chi connectivity index (χ2v) is 53.3. The van der Waals surface area contributed by atoms with Gasteiger partial charge in [-0.25, -0.2) is 0 Å². The third-order valence-electron chi connectivity index (χ3n) is 12.0. The summed E-state index contributed by atoms with van der Waals surface area (Å²) >= 11 is 15.4. The molecule has 0 N–H and O–H groups in total. The SMILES string of the molecule is CC1=Cc2c(-c3cccc4ccccc34)cccc2[CH]1[Zr]([CH3])(=[SiH2])([CH2]CCC[Si](Cl)(Cl)Cl)[CH]1C(C)=Cc2c(-c3cccc4ccccc34)cccc21.Cl.Cl. The Kier molecular flexibility index (Phi) is 12.0. The van der Waals surface area contributed by atoms with Crippen LogP contribution in [0.25, 0.3) is 56.0 Å². The van der Waals surface area contributed by atoms with E-state index in [1.807, 2.05) is 0 Å². The zero-order valence-corrected chi connectivity index (χ0v) is 39.1. The van der Waals surface area contributed by atoms with Gasteiger partial charge in [0.1, 0.15) is 0 Å². The van der Waals surface area contributed by atoms with Gasteiger partial charge in [-0.2, -0.15) is 0 Å². The quantitative estimate of drug-likeness (QED) is 0.0770. The van der Waals surface area contributed by atoms with Crippen molar-refractivity contribution < 1.29 is 17.4 Å². The number of halogens is 5. The minimum atomic E-state index is -3.99. The summed E-state index contributed by atoms with van der Waals surface area (Å²) in [4.78, 5) is 0. The Morgan fingerprint density at radius 1 is 0.547 bits per heavy atom. The standard InChI is InChI=1S/2C20H15.C4H8Cl3Si.CH3.2ClH.H2Si.Zr/c2*1-14-12-16-8-5-11-19(20(16)13-14)18-10-4-7-15-6-2-3-9-17(15)18;1-2-3-4-8(5,6)7;;;;;/h2*2-13H,1H3;1-4H2;1H3;2*1H;1H2;. The molecule has 0 saturated carbocycles. The molecule has 0 spiro atoms. The number of benzene rings is 6. The molecule has 0 heterocycles. The molecule has 0 nitrogen and oxygen atoms in total. The molecule has 0 amide bonds. The fourth-order valence-corrected chi connectivity index (χ4v) is 38.2. The first-order valence-corrected chi connectivity index (χ1v) is 36.3. The molecule has 272 valence electrons. The molecule has 0 aromatic heterocycles. The monoisotopic (exact) mass is 906 g/mol. The largest absolute Gasteiger partial charge is 0.147 e. The van der Waals surface area contributed by atoms with Gasteiger partial charge in [0, 0.05) is 0 Å². The molecule has 0 aliphatic heterocycles. The van der Waals surface area contributed by atoms with E-state index in [1.54, 1.807) is 0 Å². The summed E-state index contributed by atoms with van der Waals surface area (Å²) < 4.78 is 4.84. The molecular formula is C45H45Cl5Si2Zr. The van der Waals surface area contributed by atoms with Crippen LogP contribution in [0.3, 0.4) is 0 Å². The van der Waals surface area contributed by atoms with Crippen LogP contribution in [-0.4, -0.2) is 12.9 Å². The number of hydrogen-bond acceptors (Lipinski definition) is 0. The predicted molar refractivity (Wildman–Crippen MR) is 243 cm³/mol. The fraction of sp³-hybridized carbons (Fsp3) is 0.200. The Morgan fingerprint density at radius 3 is 1.40 bits per heavy atom. The van der Waals surface area contributed by atoms with Crippen molar-refractivity contribution in [1.29, 1.82) is 0 Å². The van der Waals surface area contributed by atoms with Crippen LogP contribution in [-0.2, 0) is 17.4 Å². The second kappa shape index (κ2) is 15.6. The van der Waals surface area contributed by atoms with E-state index >= 15 is 0 Å². The normalized spacial score (nSPS) is 16.7. The van der Waals surface area contributed by atoms with E-state index in [-0.39, 0.29) is 24.8 Å². The van der Waals surface area contributed by atoms with Gasteiger partial charge < -0.3 is 0 Å². The van der Waals surface area contributed by atoms with Crippen LogP contribution in [0, 0.1) is 0 Å². The van der Waals surface area contributed by atoms with Crippen molar-refractivity contribution in [2.45, 2.75) is 48.7 Å². The molecular weight excluding hydrogens is 865 g/mol. The van der Waals surface area contributed by atoms with Gasteiger partial charge in [0.15, 0.2) is 0 Å². The van der Waals surface area contributed by atoms with Crippen molar-refractivity contribution in [3.8, 4) is 22.3 Å². The molecule has 8 rings (SSSR count). The number of hydrogen-bond donors (Lipinski definition) is 0. The summed E-state index contributed by atoms with van der Waals surface area (Å²) in [5, 5.41) is 5.18. The molecule has 0 bridgehead atoms. The zero-order chi connectivity index (χ0) is 35.6. The molecule has 6 aromatic carbocycles. The van der Waals surface area contributed by atoms with Crippen LogP contribution in [0.5, 0.6) is 0 Å². The topological polar surface area (TPSA) is 0 Å². The average molecular weight is 911 g/mol. The molecule has 2 aliphatic rings. The van der Waals surface area contributed by atoms with E-state index in [0.717, 1.165) is 12.8 Å². The summed E-state index contributed by atoms with van der Waals surface area (Å²) in [5.74, 6) is 0. The smallest absolute Gasteiger partial charge is 0.147 e. The molecule has 2 unspecified atom stereocenters. The Morgan fingerprint density at radius 2 is 0.943 bits per heavy atom.